The molecule has 0 aromatic heterocycles. The van der Waals surface area contributed by atoms with Crippen LogP contribution in [0.3, 0.4) is 0 Å². The molecule has 0 aliphatic heterocycles. The van der Waals surface area contributed by atoms with Gasteiger partial charge in [-0.2, -0.15) is 30.6 Å². The van der Waals surface area contributed by atoms with Crippen molar-refractivity contribution in [3.8, 4) is 0 Å². The van der Waals surface area contributed by atoms with E-state index in [9.17, 15) is 44.3 Å². The summed E-state index contributed by atoms with van der Waals surface area (Å²) in [5, 5.41) is 0. The maximum atomic E-state index is 14.4. The zero-order valence-corrected chi connectivity index (χ0v) is 23.8. The lowest BCUT2D eigenvalue weighted by atomic mass is 9.91. The van der Waals surface area contributed by atoms with Gasteiger partial charge in [0, 0.05) is 11.1 Å². The summed E-state index contributed by atoms with van der Waals surface area (Å²) in [6.45, 7) is 3.31. The Morgan fingerprint density at radius 2 is 1.09 bits per heavy atom. The molecule has 0 atom stereocenters. The molecule has 4 aromatic rings. The van der Waals surface area contributed by atoms with Gasteiger partial charge in [-0.15, -0.1) is 0 Å². The van der Waals surface area contributed by atoms with Crippen LogP contribution in [-0.4, -0.2) is 32.6 Å². The fourth-order valence-corrected chi connectivity index (χ4v) is 5.69. The maximum absolute atomic E-state index is 14.4. The van der Waals surface area contributed by atoms with E-state index in [0.29, 0.717) is 29.8 Å². The van der Waals surface area contributed by atoms with Crippen molar-refractivity contribution in [3.63, 3.8) is 0 Å². The summed E-state index contributed by atoms with van der Waals surface area (Å²) >= 11 is 0. The number of halogens is 6. The molecule has 6 nitrogen and oxygen atoms in total. The molecule has 4 aromatic carbocycles. The van der Waals surface area contributed by atoms with E-state index in [2.05, 4.69) is 4.74 Å². The summed E-state index contributed by atoms with van der Waals surface area (Å²) in [6, 6.07) is 18.7. The van der Waals surface area contributed by atoms with E-state index in [4.69, 9.17) is 0 Å². The van der Waals surface area contributed by atoms with E-state index >= 15 is 0 Å². The lowest BCUT2D eigenvalue weighted by molar-refractivity contribution is -0.373. The number of anilines is 1. The number of alkyl halides is 6. The summed E-state index contributed by atoms with van der Waals surface area (Å²) in [5.74, 6) is -3.02. The molecular weight excluding hydrogens is 612 g/mol. The van der Waals surface area contributed by atoms with E-state index in [0.717, 1.165) is 17.7 Å². The van der Waals surface area contributed by atoms with Crippen LogP contribution < -0.4 is 4.31 Å². The number of hydrogen-bond acceptors (Lipinski definition) is 5. The van der Waals surface area contributed by atoms with Gasteiger partial charge >= 0.3 is 23.9 Å². The Balaban J connectivity index is 1.87. The van der Waals surface area contributed by atoms with Gasteiger partial charge in [0.25, 0.3) is 15.9 Å². The Morgan fingerprint density at radius 1 is 0.636 bits per heavy atom. The largest absolute Gasteiger partial charge is 0.442 e. The molecule has 1 amide bonds. The van der Waals surface area contributed by atoms with Crippen LogP contribution in [0.2, 0.25) is 0 Å². The molecule has 0 bridgehead atoms. The fourth-order valence-electron chi connectivity index (χ4n) is 4.26. The SMILES string of the molecule is Cc1ccc(C(=O)OC(c2ccc(N(C(=O)c3ccc(C)cc3)S(=O)(=O)c3ccccc3)cc2)(C(F)(F)F)C(F)(F)F)cc1. The third kappa shape index (κ3) is 6.05. The van der Waals surface area contributed by atoms with Crippen LogP contribution in [-0.2, 0) is 20.4 Å². The normalized spacial score (nSPS) is 12.5. The maximum Gasteiger partial charge on any atom is 0.442 e. The van der Waals surface area contributed by atoms with E-state index in [1.807, 2.05) is 0 Å². The van der Waals surface area contributed by atoms with Crippen LogP contribution in [0.15, 0.2) is 108 Å². The zero-order valence-electron chi connectivity index (χ0n) is 23.0. The van der Waals surface area contributed by atoms with E-state index < -0.39 is 56.7 Å². The molecule has 0 radical (unpaired) electrons. The molecule has 13 heteroatoms. The number of esters is 1. The van der Waals surface area contributed by atoms with E-state index in [1.165, 1.54) is 66.7 Å². The Hall–Kier alpha value is -4.65. The topological polar surface area (TPSA) is 80.8 Å². The highest BCUT2D eigenvalue weighted by Gasteiger charge is 2.75. The van der Waals surface area contributed by atoms with E-state index in [1.54, 1.807) is 13.8 Å². The lowest BCUT2D eigenvalue weighted by Crippen LogP contribution is -2.56. The summed E-state index contributed by atoms with van der Waals surface area (Å²) < 4.78 is 118. The molecule has 4 rings (SSSR count). The number of ether oxygens (including phenoxy) is 1. The highest BCUT2D eigenvalue weighted by molar-refractivity contribution is 7.93. The molecule has 0 N–H and O–H groups in total. The number of rotatable bonds is 7. The molecule has 0 saturated carbocycles. The molecule has 230 valence electrons. The molecule has 0 spiro atoms. The summed E-state index contributed by atoms with van der Waals surface area (Å²) in [6.07, 6.45) is -12.4. The van der Waals surface area contributed by atoms with Gasteiger partial charge in [-0.1, -0.05) is 65.7 Å². The molecule has 0 fully saturated rings. The minimum atomic E-state index is -6.21. The third-order valence-electron chi connectivity index (χ3n) is 6.60. The number of carbonyl (C=O) groups excluding carboxylic acids is 2. The van der Waals surface area contributed by atoms with Crippen molar-refractivity contribution in [3.05, 3.63) is 131 Å². The van der Waals surface area contributed by atoms with Crippen LogP contribution in [0.25, 0.3) is 0 Å². The number of aryl methyl sites for hydroxylation is 2. The summed E-state index contributed by atoms with van der Waals surface area (Å²) in [4.78, 5) is 25.8. The molecule has 44 heavy (non-hydrogen) atoms. The smallest absolute Gasteiger partial charge is 0.431 e. The van der Waals surface area contributed by atoms with Gasteiger partial charge in [0.15, 0.2) is 0 Å². The van der Waals surface area contributed by atoms with Crippen LogP contribution in [0.5, 0.6) is 0 Å². The Kier molecular flexibility index (Phi) is 8.65. The van der Waals surface area contributed by atoms with Crippen molar-refractivity contribution < 1.29 is 49.1 Å². The molecule has 0 aliphatic rings. The Labute approximate surface area is 248 Å². The quantitative estimate of drug-likeness (QED) is 0.155. The van der Waals surface area contributed by atoms with Crippen LogP contribution in [0.4, 0.5) is 32.0 Å². The van der Waals surface area contributed by atoms with Crippen molar-refractivity contribution >= 4 is 27.6 Å². The molecule has 0 unspecified atom stereocenters. The van der Waals surface area contributed by atoms with Crippen molar-refractivity contribution in [1.82, 2.24) is 0 Å². The minimum absolute atomic E-state index is 0.119. The second-order valence-corrected chi connectivity index (χ2v) is 11.5. The number of hydrogen-bond donors (Lipinski definition) is 0. The zero-order chi connectivity index (χ0) is 32.5. The van der Waals surface area contributed by atoms with Gasteiger partial charge in [0.2, 0.25) is 0 Å². The first-order chi connectivity index (χ1) is 20.5. The molecule has 0 saturated heterocycles. The van der Waals surface area contributed by atoms with Gasteiger partial charge in [-0.3, -0.25) is 4.79 Å². The van der Waals surface area contributed by atoms with Gasteiger partial charge in [0.1, 0.15) is 0 Å². The molecule has 0 heterocycles. The number of carbonyl (C=O) groups is 2. The minimum Gasteiger partial charge on any atom is -0.431 e. The third-order valence-corrected chi connectivity index (χ3v) is 8.33. The van der Waals surface area contributed by atoms with Gasteiger partial charge < -0.3 is 4.74 Å². The molecule has 0 aliphatic carbocycles. The monoisotopic (exact) mass is 635 g/mol. The number of sulfonamides is 1. The summed E-state index contributed by atoms with van der Waals surface area (Å²) in [7, 11) is -4.72. The predicted molar refractivity (Wildman–Crippen MR) is 148 cm³/mol. The highest BCUT2D eigenvalue weighted by atomic mass is 32.2. The first kappa shape index (κ1) is 32.3. The van der Waals surface area contributed by atoms with Crippen LogP contribution in [0, 0.1) is 13.8 Å². The highest BCUT2D eigenvalue weighted by Crippen LogP contribution is 2.53. The van der Waals surface area contributed by atoms with Gasteiger partial charge in [-0.05, 0) is 62.4 Å². The standard InChI is InChI=1S/C31H23F6NO5S/c1-20-8-12-22(13-9-20)27(39)38(44(41,42)26-6-4-3-5-7-26)25-18-16-24(17-19-25)29(30(32,33)34,31(35,36)37)43-28(40)23-14-10-21(2)11-15-23/h3-19H,1-2H3. The number of nitrogens with zero attached hydrogens (tertiary/aromatic N) is 1. The van der Waals surface area contributed by atoms with Crippen molar-refractivity contribution in [2.45, 2.75) is 36.7 Å². The second kappa shape index (κ2) is 11.8. The number of amides is 1. The second-order valence-electron chi connectivity index (χ2n) is 9.73. The van der Waals surface area contributed by atoms with E-state index in [-0.39, 0.29) is 14.8 Å². The molecular formula is C31H23F6NO5S. The van der Waals surface area contributed by atoms with Crippen LogP contribution >= 0.6 is 0 Å². The van der Waals surface area contributed by atoms with Gasteiger partial charge in [-0.25, -0.2) is 13.2 Å². The first-order valence-electron chi connectivity index (χ1n) is 12.7. The number of benzene rings is 4. The first-order valence-corrected chi connectivity index (χ1v) is 14.2. The Bertz CT molecular complexity index is 1740. The summed E-state index contributed by atoms with van der Waals surface area (Å²) in [5.41, 5.74) is -6.62. The van der Waals surface area contributed by atoms with Crippen LogP contribution in [0.1, 0.15) is 37.4 Å². The average molecular weight is 636 g/mol. The van der Waals surface area contributed by atoms with Crippen molar-refractivity contribution in [1.29, 1.82) is 0 Å². The predicted octanol–water partition coefficient (Wildman–Crippen LogP) is 7.52. The fraction of sp³-hybridized carbons (Fsp3) is 0.161. The average Bonchev–Trinajstić information content (AvgIpc) is 2.96. The van der Waals surface area contributed by atoms with Gasteiger partial charge in [0.05, 0.1) is 16.1 Å². The van der Waals surface area contributed by atoms with Crippen molar-refractivity contribution in [2.24, 2.45) is 0 Å². The Morgan fingerprint density at radius 3 is 1.55 bits per heavy atom. The lowest BCUT2D eigenvalue weighted by Gasteiger charge is -2.37. The van der Waals surface area contributed by atoms with Crippen molar-refractivity contribution in [2.75, 3.05) is 4.31 Å².